The Balaban J connectivity index is 2.58. The molecule has 0 unspecified atom stereocenters. The maximum atomic E-state index is 9.29. The Bertz CT molecular complexity index is 630. The number of hydrogen-bond donors (Lipinski definition) is 1. The molecule has 2 aromatic rings. The van der Waals surface area contributed by atoms with Gasteiger partial charge in [0.15, 0.2) is 0 Å². The third-order valence-corrected chi connectivity index (χ3v) is 2.77. The van der Waals surface area contributed by atoms with E-state index in [2.05, 4.69) is 6.07 Å². The van der Waals surface area contributed by atoms with Crippen molar-refractivity contribution in [3.05, 3.63) is 59.0 Å². The number of hydrogen-bond acceptors (Lipinski definition) is 3. The number of aryl methyl sites for hydroxylation is 2. The Morgan fingerprint density at radius 2 is 1.89 bits per heavy atom. The lowest BCUT2D eigenvalue weighted by molar-refractivity contribution is 0.504. The third-order valence-electron chi connectivity index (χ3n) is 2.77. The average Bonchev–Trinajstić information content (AvgIpc) is 2.70. The molecule has 0 aliphatic rings. The van der Waals surface area contributed by atoms with Crippen LogP contribution in [0.4, 0.5) is 0 Å². The van der Waals surface area contributed by atoms with Crippen molar-refractivity contribution in [1.29, 1.82) is 5.26 Å². The maximum Gasteiger partial charge on any atom is 0.110 e. The van der Waals surface area contributed by atoms with Gasteiger partial charge in [-0.05, 0) is 25.5 Å². The van der Waals surface area contributed by atoms with E-state index in [1.54, 1.807) is 0 Å². The van der Waals surface area contributed by atoms with Crippen LogP contribution in [0.2, 0.25) is 0 Å². The molecule has 0 spiro atoms. The van der Waals surface area contributed by atoms with Crippen LogP contribution < -0.4 is 5.73 Å². The first-order valence-electron chi connectivity index (χ1n) is 5.66. The number of allylic oxidation sites excluding steroid dienone is 1. The van der Waals surface area contributed by atoms with E-state index >= 15 is 0 Å². The van der Waals surface area contributed by atoms with Crippen LogP contribution in [-0.4, -0.2) is 0 Å². The Morgan fingerprint density at radius 1 is 1.22 bits per heavy atom. The highest BCUT2D eigenvalue weighted by molar-refractivity contribution is 5.96. The van der Waals surface area contributed by atoms with Crippen molar-refractivity contribution in [2.45, 2.75) is 13.8 Å². The Hall–Kier alpha value is -2.47. The summed E-state index contributed by atoms with van der Waals surface area (Å²) in [5.74, 6) is 1.52. The molecule has 18 heavy (non-hydrogen) atoms. The Kier molecular flexibility index (Phi) is 3.20. The lowest BCUT2D eigenvalue weighted by Crippen LogP contribution is -2.00. The van der Waals surface area contributed by atoms with Gasteiger partial charge in [0.2, 0.25) is 0 Å². The fraction of sp³-hybridized carbons (Fsp3) is 0.133. The van der Waals surface area contributed by atoms with E-state index in [9.17, 15) is 5.26 Å². The third kappa shape index (κ3) is 2.14. The van der Waals surface area contributed by atoms with Gasteiger partial charge in [-0.15, -0.1) is 0 Å². The number of nitrogens with zero attached hydrogens (tertiary/aromatic N) is 1. The van der Waals surface area contributed by atoms with Gasteiger partial charge in [-0.3, -0.25) is 0 Å². The second-order valence-electron chi connectivity index (χ2n) is 4.09. The van der Waals surface area contributed by atoms with Gasteiger partial charge in [0.25, 0.3) is 0 Å². The van der Waals surface area contributed by atoms with Crippen LogP contribution in [0.25, 0.3) is 11.3 Å². The monoisotopic (exact) mass is 238 g/mol. The van der Waals surface area contributed by atoms with Crippen LogP contribution in [0.15, 0.2) is 40.8 Å². The molecule has 3 heteroatoms. The van der Waals surface area contributed by atoms with Crippen LogP contribution in [-0.2, 0) is 0 Å². The molecule has 2 rings (SSSR count). The van der Waals surface area contributed by atoms with Crippen molar-refractivity contribution < 1.29 is 4.42 Å². The van der Waals surface area contributed by atoms with Crippen molar-refractivity contribution in [1.82, 2.24) is 0 Å². The van der Waals surface area contributed by atoms with Gasteiger partial charge >= 0.3 is 0 Å². The summed E-state index contributed by atoms with van der Waals surface area (Å²) in [6, 6.07) is 13.4. The van der Waals surface area contributed by atoms with E-state index in [4.69, 9.17) is 10.2 Å². The van der Waals surface area contributed by atoms with Crippen molar-refractivity contribution in [2.24, 2.45) is 5.73 Å². The molecule has 0 fully saturated rings. The quantitative estimate of drug-likeness (QED) is 0.817. The first kappa shape index (κ1) is 12.0. The zero-order valence-corrected chi connectivity index (χ0v) is 10.4. The molecular formula is C15H14N2O. The molecule has 0 saturated carbocycles. The standard InChI is InChI=1S/C15H14N2O/c1-10-8-13(11(2)18-10)15(17)14(9-16)12-6-4-3-5-7-12/h3-8H,17H2,1-2H3/b15-14+. The number of benzene rings is 1. The first-order chi connectivity index (χ1) is 8.63. The minimum absolute atomic E-state index is 0.457. The molecule has 0 aliphatic heterocycles. The van der Waals surface area contributed by atoms with E-state index in [0.29, 0.717) is 11.3 Å². The number of nitrogens with two attached hydrogens (primary N) is 1. The zero-order chi connectivity index (χ0) is 13.1. The zero-order valence-electron chi connectivity index (χ0n) is 10.4. The molecule has 0 amide bonds. The van der Waals surface area contributed by atoms with Gasteiger partial charge in [0.1, 0.15) is 17.6 Å². The van der Waals surface area contributed by atoms with Crippen molar-refractivity contribution in [3.8, 4) is 6.07 Å². The van der Waals surface area contributed by atoms with E-state index in [1.165, 1.54) is 0 Å². The van der Waals surface area contributed by atoms with E-state index < -0.39 is 0 Å². The van der Waals surface area contributed by atoms with E-state index in [-0.39, 0.29) is 0 Å². The summed E-state index contributed by atoms with van der Waals surface area (Å²) in [7, 11) is 0. The fourth-order valence-corrected chi connectivity index (χ4v) is 1.92. The fourth-order valence-electron chi connectivity index (χ4n) is 1.92. The summed E-state index contributed by atoms with van der Waals surface area (Å²) in [6.07, 6.45) is 0. The highest BCUT2D eigenvalue weighted by atomic mass is 16.3. The largest absolute Gasteiger partial charge is 0.466 e. The first-order valence-corrected chi connectivity index (χ1v) is 5.66. The smallest absolute Gasteiger partial charge is 0.110 e. The lowest BCUT2D eigenvalue weighted by atomic mass is 10.0. The second kappa shape index (κ2) is 4.80. The van der Waals surface area contributed by atoms with Crippen LogP contribution in [0.3, 0.4) is 0 Å². The molecule has 0 bridgehead atoms. The predicted molar refractivity (Wildman–Crippen MR) is 71.2 cm³/mol. The molecule has 0 aliphatic carbocycles. The highest BCUT2D eigenvalue weighted by Gasteiger charge is 2.13. The van der Waals surface area contributed by atoms with Gasteiger partial charge in [0.05, 0.1) is 11.3 Å². The van der Waals surface area contributed by atoms with Gasteiger partial charge in [-0.1, -0.05) is 30.3 Å². The highest BCUT2D eigenvalue weighted by Crippen LogP contribution is 2.26. The minimum Gasteiger partial charge on any atom is -0.466 e. The summed E-state index contributed by atoms with van der Waals surface area (Å²) in [5.41, 5.74) is 8.62. The molecule has 0 atom stereocenters. The predicted octanol–water partition coefficient (Wildman–Crippen LogP) is 3.25. The molecule has 1 heterocycles. The second-order valence-corrected chi connectivity index (χ2v) is 4.09. The van der Waals surface area contributed by atoms with Crippen LogP contribution in [0.5, 0.6) is 0 Å². The SMILES string of the molecule is Cc1cc(/C(N)=C(/C#N)c2ccccc2)c(C)o1. The molecule has 1 aromatic carbocycles. The minimum atomic E-state index is 0.457. The topological polar surface area (TPSA) is 63.0 Å². The van der Waals surface area contributed by atoms with Crippen LogP contribution in [0.1, 0.15) is 22.6 Å². The van der Waals surface area contributed by atoms with Crippen molar-refractivity contribution in [3.63, 3.8) is 0 Å². The van der Waals surface area contributed by atoms with Gasteiger partial charge in [-0.25, -0.2) is 0 Å². The summed E-state index contributed by atoms with van der Waals surface area (Å²) in [6.45, 7) is 3.70. The Labute approximate surface area is 106 Å². The number of nitriles is 1. The van der Waals surface area contributed by atoms with Gasteiger partial charge in [-0.2, -0.15) is 5.26 Å². The number of rotatable bonds is 2. The summed E-state index contributed by atoms with van der Waals surface area (Å²) in [5, 5.41) is 9.29. The van der Waals surface area contributed by atoms with E-state index in [1.807, 2.05) is 50.2 Å². The summed E-state index contributed by atoms with van der Waals surface area (Å²) < 4.78 is 5.44. The lowest BCUT2D eigenvalue weighted by Gasteiger charge is -2.04. The Morgan fingerprint density at radius 3 is 2.39 bits per heavy atom. The van der Waals surface area contributed by atoms with Gasteiger partial charge in [0, 0.05) is 5.56 Å². The molecule has 90 valence electrons. The molecule has 2 N–H and O–H groups in total. The molecular weight excluding hydrogens is 224 g/mol. The number of furan rings is 1. The molecule has 1 aromatic heterocycles. The van der Waals surface area contributed by atoms with Crippen LogP contribution in [0, 0.1) is 25.2 Å². The summed E-state index contributed by atoms with van der Waals surface area (Å²) >= 11 is 0. The van der Waals surface area contributed by atoms with Crippen molar-refractivity contribution in [2.75, 3.05) is 0 Å². The maximum absolute atomic E-state index is 9.29. The molecule has 0 saturated heterocycles. The van der Waals surface area contributed by atoms with Crippen LogP contribution >= 0.6 is 0 Å². The average molecular weight is 238 g/mol. The molecule has 3 nitrogen and oxygen atoms in total. The van der Waals surface area contributed by atoms with Gasteiger partial charge < -0.3 is 10.2 Å². The summed E-state index contributed by atoms with van der Waals surface area (Å²) in [4.78, 5) is 0. The molecule has 0 radical (unpaired) electrons. The normalized spacial score (nSPS) is 11.8. The van der Waals surface area contributed by atoms with Crippen molar-refractivity contribution >= 4 is 11.3 Å². The van der Waals surface area contributed by atoms with E-state index in [0.717, 1.165) is 22.6 Å².